The Balaban J connectivity index is 2.94. The van der Waals surface area contributed by atoms with E-state index in [0.29, 0.717) is 5.52 Å². The first-order valence-corrected chi connectivity index (χ1v) is 4.14. The number of pyridine rings is 1. The molecule has 0 aliphatic carbocycles. The van der Waals surface area contributed by atoms with Crippen molar-refractivity contribution in [3.05, 3.63) is 28.0 Å². The van der Waals surface area contributed by atoms with Gasteiger partial charge in [0.05, 0.1) is 0 Å². The van der Waals surface area contributed by atoms with Gasteiger partial charge in [-0.2, -0.15) is 4.39 Å². The number of aromatic amines is 1. The molecule has 0 aliphatic heterocycles. The Hall–Kier alpha value is -0.650. The largest absolute Gasteiger partial charge is 0.356 e. The molecule has 0 atom stereocenters. The van der Waals surface area contributed by atoms with Gasteiger partial charge in [-0.05, 0) is 28.7 Å². The fourth-order valence-electron chi connectivity index (χ4n) is 0.986. The molecule has 2 heterocycles. The van der Waals surface area contributed by atoms with Crippen molar-refractivity contribution in [2.24, 2.45) is 0 Å². The molecule has 4 heteroatoms. The summed E-state index contributed by atoms with van der Waals surface area (Å²) >= 11 is 2.14. The topological polar surface area (TPSA) is 28.7 Å². The van der Waals surface area contributed by atoms with Gasteiger partial charge in [-0.15, -0.1) is 0 Å². The number of nitrogens with zero attached hydrogens (tertiary/aromatic N) is 1. The predicted molar refractivity (Wildman–Crippen MR) is 48.8 cm³/mol. The number of rotatable bonds is 0. The molecule has 2 aromatic heterocycles. The first-order chi connectivity index (χ1) is 5.29. The zero-order valence-corrected chi connectivity index (χ0v) is 7.59. The van der Waals surface area contributed by atoms with Crippen molar-refractivity contribution >= 4 is 33.5 Å². The maximum absolute atomic E-state index is 12.9. The molecular weight excluding hydrogens is 258 g/mol. The van der Waals surface area contributed by atoms with Crippen LogP contribution in [0, 0.1) is 9.52 Å². The predicted octanol–water partition coefficient (Wildman–Crippen LogP) is 2.31. The van der Waals surface area contributed by atoms with E-state index in [2.05, 4.69) is 32.6 Å². The minimum Gasteiger partial charge on any atom is -0.356 e. The summed E-state index contributed by atoms with van der Waals surface area (Å²) in [5.41, 5.74) is 0.483. The van der Waals surface area contributed by atoms with E-state index >= 15 is 0 Å². The van der Waals surface area contributed by atoms with Crippen LogP contribution in [0.1, 0.15) is 0 Å². The Morgan fingerprint density at radius 1 is 1.55 bits per heavy atom. The van der Waals surface area contributed by atoms with Crippen LogP contribution in [0.4, 0.5) is 4.39 Å². The lowest BCUT2D eigenvalue weighted by molar-refractivity contribution is 0.594. The molecule has 1 N–H and O–H groups in total. The molecule has 2 rings (SSSR count). The summed E-state index contributed by atoms with van der Waals surface area (Å²) in [4.78, 5) is 6.33. The second-order valence-electron chi connectivity index (χ2n) is 2.16. The van der Waals surface area contributed by atoms with Crippen molar-refractivity contribution in [1.82, 2.24) is 9.97 Å². The summed E-state index contributed by atoms with van der Waals surface area (Å²) in [6.07, 6.45) is 3.23. The van der Waals surface area contributed by atoms with Crippen LogP contribution in [-0.4, -0.2) is 9.97 Å². The van der Waals surface area contributed by atoms with E-state index in [1.807, 2.05) is 0 Å². The van der Waals surface area contributed by atoms with Crippen molar-refractivity contribution in [3.8, 4) is 0 Å². The molecule has 0 amide bonds. The first kappa shape index (κ1) is 7.02. The van der Waals surface area contributed by atoms with Crippen LogP contribution in [0.25, 0.3) is 10.9 Å². The SMILES string of the molecule is Fc1nccc2c(I)c[nH]c12. The highest BCUT2D eigenvalue weighted by molar-refractivity contribution is 14.1. The molecule has 0 fully saturated rings. The van der Waals surface area contributed by atoms with Gasteiger partial charge in [-0.3, -0.25) is 0 Å². The number of aromatic nitrogens is 2. The van der Waals surface area contributed by atoms with Gasteiger partial charge >= 0.3 is 0 Å². The third-order valence-electron chi connectivity index (χ3n) is 1.51. The molecule has 11 heavy (non-hydrogen) atoms. The molecule has 0 unspecified atom stereocenters. The second-order valence-corrected chi connectivity index (χ2v) is 3.32. The van der Waals surface area contributed by atoms with E-state index in [-0.39, 0.29) is 0 Å². The van der Waals surface area contributed by atoms with Gasteiger partial charge in [0.1, 0.15) is 5.52 Å². The summed E-state index contributed by atoms with van der Waals surface area (Å²) in [6, 6.07) is 1.79. The van der Waals surface area contributed by atoms with Crippen LogP contribution in [0.2, 0.25) is 0 Å². The quantitative estimate of drug-likeness (QED) is 0.572. The Morgan fingerprint density at radius 3 is 3.09 bits per heavy atom. The summed E-state index contributed by atoms with van der Waals surface area (Å²) < 4.78 is 13.9. The first-order valence-electron chi connectivity index (χ1n) is 3.06. The van der Waals surface area contributed by atoms with Crippen molar-refractivity contribution < 1.29 is 4.39 Å². The number of hydrogen-bond acceptors (Lipinski definition) is 1. The van der Waals surface area contributed by atoms with E-state index in [1.165, 1.54) is 6.20 Å². The van der Waals surface area contributed by atoms with E-state index in [9.17, 15) is 4.39 Å². The lowest BCUT2D eigenvalue weighted by Crippen LogP contribution is -1.81. The molecule has 2 aromatic rings. The van der Waals surface area contributed by atoms with E-state index < -0.39 is 5.95 Å². The standard InChI is InChI=1S/C7H4FIN2/c8-7-6-4(1-2-10-7)5(9)3-11-6/h1-3,11H. The average molecular weight is 262 g/mol. The molecule has 0 aliphatic rings. The average Bonchev–Trinajstić information content (AvgIpc) is 2.35. The van der Waals surface area contributed by atoms with Crippen LogP contribution in [0.15, 0.2) is 18.5 Å². The highest BCUT2D eigenvalue weighted by Gasteiger charge is 2.04. The fourth-order valence-corrected chi connectivity index (χ4v) is 1.59. The number of nitrogens with one attached hydrogen (secondary N) is 1. The summed E-state index contributed by atoms with van der Waals surface area (Å²) in [5.74, 6) is -0.439. The Bertz CT molecular complexity index is 396. The third kappa shape index (κ3) is 1.01. The zero-order chi connectivity index (χ0) is 7.84. The summed E-state index contributed by atoms with van der Waals surface area (Å²) in [6.45, 7) is 0. The van der Waals surface area contributed by atoms with Crippen molar-refractivity contribution in [2.45, 2.75) is 0 Å². The number of halogens is 2. The molecule has 0 aromatic carbocycles. The number of hydrogen-bond donors (Lipinski definition) is 1. The maximum atomic E-state index is 12.9. The summed E-state index contributed by atoms with van der Waals surface area (Å²) in [7, 11) is 0. The van der Waals surface area contributed by atoms with Gasteiger partial charge in [0.25, 0.3) is 0 Å². The molecule has 0 saturated heterocycles. The van der Waals surface area contributed by atoms with Crippen LogP contribution in [0.5, 0.6) is 0 Å². The van der Waals surface area contributed by atoms with Gasteiger partial charge in [-0.1, -0.05) is 0 Å². The van der Waals surface area contributed by atoms with Gasteiger partial charge in [-0.25, -0.2) is 4.98 Å². The Morgan fingerprint density at radius 2 is 2.36 bits per heavy atom. The number of H-pyrrole nitrogens is 1. The second kappa shape index (κ2) is 2.44. The highest BCUT2D eigenvalue weighted by Crippen LogP contribution is 2.20. The minimum atomic E-state index is -0.439. The van der Waals surface area contributed by atoms with E-state index in [0.717, 1.165) is 8.96 Å². The number of fused-ring (bicyclic) bond motifs is 1. The summed E-state index contributed by atoms with van der Waals surface area (Å²) in [5, 5.41) is 0.887. The Labute approximate surface area is 76.0 Å². The van der Waals surface area contributed by atoms with Crippen molar-refractivity contribution in [1.29, 1.82) is 0 Å². The lowest BCUT2D eigenvalue weighted by atomic mass is 10.3. The minimum absolute atomic E-state index is 0.439. The molecule has 0 spiro atoms. The van der Waals surface area contributed by atoms with Gasteiger partial charge in [0.2, 0.25) is 5.95 Å². The van der Waals surface area contributed by atoms with E-state index in [4.69, 9.17) is 0 Å². The van der Waals surface area contributed by atoms with Crippen LogP contribution >= 0.6 is 22.6 Å². The van der Waals surface area contributed by atoms with Crippen LogP contribution in [0.3, 0.4) is 0 Å². The molecule has 56 valence electrons. The highest BCUT2D eigenvalue weighted by atomic mass is 127. The molecular formula is C7H4FIN2. The van der Waals surface area contributed by atoms with E-state index in [1.54, 1.807) is 12.3 Å². The van der Waals surface area contributed by atoms with Gasteiger partial charge in [0, 0.05) is 21.4 Å². The van der Waals surface area contributed by atoms with Crippen molar-refractivity contribution in [3.63, 3.8) is 0 Å². The molecule has 0 radical (unpaired) electrons. The van der Waals surface area contributed by atoms with Gasteiger partial charge in [0.15, 0.2) is 0 Å². The lowest BCUT2D eigenvalue weighted by Gasteiger charge is -1.89. The normalized spacial score (nSPS) is 10.7. The van der Waals surface area contributed by atoms with Crippen LogP contribution < -0.4 is 0 Å². The van der Waals surface area contributed by atoms with Crippen molar-refractivity contribution in [2.75, 3.05) is 0 Å². The monoisotopic (exact) mass is 262 g/mol. The molecule has 0 bridgehead atoms. The zero-order valence-electron chi connectivity index (χ0n) is 5.44. The fraction of sp³-hybridized carbons (Fsp3) is 0. The Kier molecular flexibility index (Phi) is 1.56. The maximum Gasteiger partial charge on any atom is 0.237 e. The smallest absolute Gasteiger partial charge is 0.237 e. The molecule has 2 nitrogen and oxygen atoms in total. The van der Waals surface area contributed by atoms with Crippen LogP contribution in [-0.2, 0) is 0 Å². The molecule has 0 saturated carbocycles. The van der Waals surface area contributed by atoms with Gasteiger partial charge < -0.3 is 4.98 Å². The third-order valence-corrected chi connectivity index (χ3v) is 2.40.